The zero-order valence-electron chi connectivity index (χ0n) is 13.3. The first-order valence-corrected chi connectivity index (χ1v) is 8.74. The highest BCUT2D eigenvalue weighted by Gasteiger charge is 2.28. The lowest BCUT2D eigenvalue weighted by Crippen LogP contribution is -2.38. The molecule has 0 aromatic carbocycles. The lowest BCUT2D eigenvalue weighted by Gasteiger charge is -2.30. The van der Waals surface area contributed by atoms with Crippen LogP contribution >= 0.6 is 11.3 Å². The fraction of sp³-hybridized carbons (Fsp3) is 0.375. The van der Waals surface area contributed by atoms with Crippen molar-refractivity contribution < 1.29 is 9.32 Å². The Morgan fingerprint density at radius 2 is 2.21 bits per heavy atom. The molecule has 0 bridgehead atoms. The summed E-state index contributed by atoms with van der Waals surface area (Å²) in [6, 6.07) is 5.91. The molecule has 8 heteroatoms. The number of piperidine rings is 1. The predicted octanol–water partition coefficient (Wildman–Crippen LogP) is 2.55. The molecular formula is C16H17N5O2S. The van der Waals surface area contributed by atoms with Crippen LogP contribution in [0.5, 0.6) is 0 Å². The van der Waals surface area contributed by atoms with E-state index in [4.69, 9.17) is 4.52 Å². The van der Waals surface area contributed by atoms with E-state index in [1.807, 2.05) is 35.5 Å². The molecule has 0 saturated carbocycles. The number of aromatic nitrogens is 4. The Labute approximate surface area is 142 Å². The lowest BCUT2D eigenvalue weighted by atomic mass is 9.96. The number of carbonyl (C=O) groups is 1. The van der Waals surface area contributed by atoms with Crippen LogP contribution in [-0.4, -0.2) is 43.8 Å². The van der Waals surface area contributed by atoms with Gasteiger partial charge in [-0.25, -0.2) is 0 Å². The number of amides is 1. The minimum absolute atomic E-state index is 0.0139. The zero-order chi connectivity index (χ0) is 16.5. The normalized spacial score (nSPS) is 15.8. The third kappa shape index (κ3) is 2.73. The quantitative estimate of drug-likeness (QED) is 0.730. The smallest absolute Gasteiger partial charge is 0.274 e. The molecule has 0 aliphatic carbocycles. The van der Waals surface area contributed by atoms with E-state index < -0.39 is 0 Å². The molecule has 124 valence electrons. The maximum atomic E-state index is 12.7. The highest BCUT2D eigenvalue weighted by atomic mass is 32.1. The van der Waals surface area contributed by atoms with Gasteiger partial charge in [0.15, 0.2) is 11.5 Å². The van der Waals surface area contributed by atoms with Gasteiger partial charge in [-0.2, -0.15) is 10.1 Å². The van der Waals surface area contributed by atoms with Crippen molar-refractivity contribution in [3.63, 3.8) is 0 Å². The minimum atomic E-state index is -0.0139. The molecule has 1 fully saturated rings. The third-order valence-electron chi connectivity index (χ3n) is 4.40. The predicted molar refractivity (Wildman–Crippen MR) is 88.7 cm³/mol. The molecule has 7 nitrogen and oxygen atoms in total. The Morgan fingerprint density at radius 3 is 2.88 bits per heavy atom. The maximum Gasteiger partial charge on any atom is 0.274 e. The van der Waals surface area contributed by atoms with Crippen molar-refractivity contribution in [1.29, 1.82) is 0 Å². The summed E-state index contributed by atoms with van der Waals surface area (Å²) in [5.41, 5.74) is 1.47. The van der Waals surface area contributed by atoms with E-state index >= 15 is 0 Å². The monoisotopic (exact) mass is 343 g/mol. The average molecular weight is 343 g/mol. The summed E-state index contributed by atoms with van der Waals surface area (Å²) in [4.78, 5) is 19.8. The molecule has 1 amide bonds. The van der Waals surface area contributed by atoms with Crippen LogP contribution in [0.2, 0.25) is 0 Å². The van der Waals surface area contributed by atoms with Gasteiger partial charge in [-0.1, -0.05) is 11.2 Å². The average Bonchev–Trinajstić information content (AvgIpc) is 3.35. The Hall–Kier alpha value is -2.48. The van der Waals surface area contributed by atoms with Gasteiger partial charge in [0.1, 0.15) is 0 Å². The van der Waals surface area contributed by atoms with Crippen molar-refractivity contribution in [3.05, 3.63) is 41.5 Å². The number of carbonyl (C=O) groups excluding carboxylic acids is 1. The van der Waals surface area contributed by atoms with Crippen LogP contribution in [0.1, 0.15) is 35.1 Å². The molecule has 0 N–H and O–H groups in total. The third-order valence-corrected chi connectivity index (χ3v) is 5.29. The molecule has 3 aromatic heterocycles. The van der Waals surface area contributed by atoms with Crippen LogP contribution in [0.15, 0.2) is 34.5 Å². The van der Waals surface area contributed by atoms with Crippen LogP contribution in [0.25, 0.3) is 10.6 Å². The molecule has 0 atom stereocenters. The van der Waals surface area contributed by atoms with Crippen LogP contribution in [0.4, 0.5) is 0 Å². The molecule has 0 radical (unpaired) electrons. The molecule has 24 heavy (non-hydrogen) atoms. The molecular weight excluding hydrogens is 326 g/mol. The zero-order valence-corrected chi connectivity index (χ0v) is 14.1. The molecule has 0 spiro atoms. The van der Waals surface area contributed by atoms with E-state index in [0.29, 0.717) is 18.8 Å². The first-order valence-electron chi connectivity index (χ1n) is 7.86. The van der Waals surface area contributed by atoms with Gasteiger partial charge in [0.05, 0.1) is 10.6 Å². The molecule has 4 rings (SSSR count). The highest BCUT2D eigenvalue weighted by Crippen LogP contribution is 2.28. The van der Waals surface area contributed by atoms with Crippen LogP contribution < -0.4 is 0 Å². The minimum Gasteiger partial charge on any atom is -0.343 e. The van der Waals surface area contributed by atoms with Crippen molar-refractivity contribution in [3.8, 4) is 10.6 Å². The van der Waals surface area contributed by atoms with E-state index in [2.05, 4.69) is 15.2 Å². The fourth-order valence-electron chi connectivity index (χ4n) is 3.09. The fourth-order valence-corrected chi connectivity index (χ4v) is 3.86. The topological polar surface area (TPSA) is 77.0 Å². The number of aryl methyl sites for hydroxylation is 1. The van der Waals surface area contributed by atoms with Gasteiger partial charge in [0.2, 0.25) is 6.39 Å². The van der Waals surface area contributed by atoms with Crippen LogP contribution in [-0.2, 0) is 7.05 Å². The van der Waals surface area contributed by atoms with Gasteiger partial charge in [-0.3, -0.25) is 9.48 Å². The van der Waals surface area contributed by atoms with E-state index in [9.17, 15) is 4.79 Å². The van der Waals surface area contributed by atoms with Crippen LogP contribution in [0, 0.1) is 0 Å². The van der Waals surface area contributed by atoms with E-state index in [-0.39, 0.29) is 11.8 Å². The highest BCUT2D eigenvalue weighted by molar-refractivity contribution is 7.13. The van der Waals surface area contributed by atoms with Crippen molar-refractivity contribution in [2.75, 3.05) is 13.1 Å². The van der Waals surface area contributed by atoms with Crippen molar-refractivity contribution >= 4 is 17.2 Å². The molecule has 1 saturated heterocycles. The van der Waals surface area contributed by atoms with Gasteiger partial charge in [-0.05, 0) is 30.4 Å². The Kier molecular flexibility index (Phi) is 3.89. The Balaban J connectivity index is 1.46. The van der Waals surface area contributed by atoms with Gasteiger partial charge in [0.25, 0.3) is 5.91 Å². The number of hydrogen-bond acceptors (Lipinski definition) is 6. The van der Waals surface area contributed by atoms with E-state index in [1.54, 1.807) is 16.0 Å². The summed E-state index contributed by atoms with van der Waals surface area (Å²) in [5, 5.41) is 10.3. The summed E-state index contributed by atoms with van der Waals surface area (Å²) in [6.07, 6.45) is 3.04. The molecule has 1 aliphatic rings. The SMILES string of the molecule is Cn1nc(C(=O)N2CCC(c3ncon3)CC2)cc1-c1cccs1. The number of nitrogens with zero attached hydrogens (tertiary/aromatic N) is 5. The maximum absolute atomic E-state index is 12.7. The first-order chi connectivity index (χ1) is 11.7. The summed E-state index contributed by atoms with van der Waals surface area (Å²) in [6.45, 7) is 1.37. The Morgan fingerprint density at radius 1 is 1.38 bits per heavy atom. The number of hydrogen-bond donors (Lipinski definition) is 0. The standard InChI is InChI=1S/C16H17N5O2S/c1-20-13(14-3-2-8-24-14)9-12(18-20)16(22)21-6-4-11(5-7-21)15-17-10-23-19-15/h2-3,8-11H,4-7H2,1H3. The molecule has 0 unspecified atom stereocenters. The van der Waals surface area contributed by atoms with Crippen molar-refractivity contribution in [1.82, 2.24) is 24.8 Å². The Bertz CT molecular complexity index is 817. The summed E-state index contributed by atoms with van der Waals surface area (Å²) in [7, 11) is 1.87. The van der Waals surface area contributed by atoms with E-state index in [0.717, 1.165) is 29.2 Å². The van der Waals surface area contributed by atoms with Crippen molar-refractivity contribution in [2.24, 2.45) is 7.05 Å². The lowest BCUT2D eigenvalue weighted by molar-refractivity contribution is 0.0704. The van der Waals surface area contributed by atoms with Crippen LogP contribution in [0.3, 0.4) is 0 Å². The summed E-state index contributed by atoms with van der Waals surface area (Å²) in [5.74, 6) is 0.984. The second-order valence-corrected chi connectivity index (χ2v) is 6.82. The van der Waals surface area contributed by atoms with Gasteiger partial charge in [0, 0.05) is 26.1 Å². The summed E-state index contributed by atoms with van der Waals surface area (Å²) >= 11 is 1.64. The van der Waals surface area contributed by atoms with Crippen molar-refractivity contribution in [2.45, 2.75) is 18.8 Å². The molecule has 1 aliphatic heterocycles. The molecule has 3 aromatic rings. The second kappa shape index (κ2) is 6.20. The second-order valence-electron chi connectivity index (χ2n) is 5.87. The van der Waals surface area contributed by atoms with Gasteiger partial charge < -0.3 is 9.42 Å². The van der Waals surface area contributed by atoms with E-state index in [1.165, 1.54) is 6.39 Å². The first kappa shape index (κ1) is 15.1. The summed E-state index contributed by atoms with van der Waals surface area (Å²) < 4.78 is 6.58. The number of rotatable bonds is 3. The largest absolute Gasteiger partial charge is 0.343 e. The number of thiophene rings is 1. The molecule has 4 heterocycles. The number of likely N-dealkylation sites (tertiary alicyclic amines) is 1. The van der Waals surface area contributed by atoms with Gasteiger partial charge >= 0.3 is 0 Å². The van der Waals surface area contributed by atoms with Gasteiger partial charge in [-0.15, -0.1) is 11.3 Å².